The molecule has 1 aliphatic carbocycles. The van der Waals surface area contributed by atoms with E-state index in [4.69, 9.17) is 28.0 Å². The summed E-state index contributed by atoms with van der Waals surface area (Å²) in [6, 6.07) is 15.2. The Labute approximate surface area is 322 Å². The van der Waals surface area contributed by atoms with Crippen molar-refractivity contribution in [3.63, 3.8) is 0 Å². The summed E-state index contributed by atoms with van der Waals surface area (Å²) in [5.74, 6) is -3.49. The number of fused-ring (bicyclic) bond motifs is 1. The van der Waals surface area contributed by atoms with E-state index < -0.39 is 45.9 Å². The smallest absolute Gasteiger partial charge is 0.859 e. The number of carboxylic acid groups (broad SMARTS) is 1. The Balaban J connectivity index is 0.00000288. The molecule has 0 aromatic heterocycles. The fourth-order valence-corrected chi connectivity index (χ4v) is 7.47. The van der Waals surface area contributed by atoms with Gasteiger partial charge in [-0.2, -0.15) is 0 Å². The number of rotatable bonds is 9. The number of aromatic carboxylic acids is 1. The van der Waals surface area contributed by atoms with Crippen LogP contribution in [0.25, 0.3) is 0 Å². The third kappa shape index (κ3) is 8.87. The number of carbonyl (C=O) groups is 2. The Morgan fingerprint density at radius 1 is 1.00 bits per heavy atom. The van der Waals surface area contributed by atoms with E-state index in [1.165, 1.54) is 24.3 Å². The molecular formula is C31H29Cl2N3Na2O7S. The molecule has 10 nitrogen and oxygen atoms in total. The zero-order valence-corrected chi connectivity index (χ0v) is 31.9. The van der Waals surface area contributed by atoms with Crippen LogP contribution in [0.3, 0.4) is 0 Å². The van der Waals surface area contributed by atoms with Crippen LogP contribution >= 0.6 is 23.2 Å². The van der Waals surface area contributed by atoms with Crippen LogP contribution in [-0.4, -0.2) is 49.4 Å². The van der Waals surface area contributed by atoms with Crippen LogP contribution < -0.4 is 74.0 Å². The van der Waals surface area contributed by atoms with Crippen molar-refractivity contribution in [2.24, 2.45) is 5.16 Å². The third-order valence-electron chi connectivity index (χ3n) is 7.92. The van der Waals surface area contributed by atoms with E-state index in [0.717, 1.165) is 19.1 Å². The van der Waals surface area contributed by atoms with E-state index in [1.54, 1.807) is 47.4 Å². The fraction of sp³-hybridized carbons (Fsp3) is 0.323. The Kier molecular flexibility index (Phi) is 14.0. The number of amides is 1. The van der Waals surface area contributed by atoms with Gasteiger partial charge in [0.15, 0.2) is 0 Å². The summed E-state index contributed by atoms with van der Waals surface area (Å²) in [7, 11) is -3.62. The van der Waals surface area contributed by atoms with Gasteiger partial charge in [0.2, 0.25) is 10.0 Å². The van der Waals surface area contributed by atoms with Gasteiger partial charge in [-0.25, -0.2) is 13.1 Å². The molecule has 1 amide bonds. The monoisotopic (exact) mass is 703 g/mol. The van der Waals surface area contributed by atoms with Crippen LogP contribution in [0.5, 0.6) is 0 Å². The first-order valence-corrected chi connectivity index (χ1v) is 16.6. The maximum Gasteiger partial charge on any atom is 1.00 e. The molecule has 1 unspecified atom stereocenters. The summed E-state index contributed by atoms with van der Waals surface area (Å²) in [5.41, 5.74) is 1.56. The molecule has 1 aliphatic heterocycles. The largest absolute Gasteiger partial charge is 1.00 e. The molecule has 1 heterocycles. The summed E-state index contributed by atoms with van der Waals surface area (Å²) < 4.78 is 27.4. The van der Waals surface area contributed by atoms with Gasteiger partial charge in [-0.1, -0.05) is 78.5 Å². The molecule has 0 radical (unpaired) electrons. The SMILES string of the molecule is CS(=O)(=O)N[C@@H]1CCCCC1N1C(=O)c2ccccc2[C@@H](C([O-])=NOCc2cccc(C(=O)[O-])c2)[C@@H]1c1ccc(Cl)cc1Cl.[Na+].[Na+]. The van der Waals surface area contributed by atoms with Gasteiger partial charge < -0.3 is 24.7 Å². The molecule has 0 bridgehead atoms. The van der Waals surface area contributed by atoms with Crippen molar-refractivity contribution >= 4 is 51.0 Å². The molecule has 0 saturated heterocycles. The van der Waals surface area contributed by atoms with Crippen molar-refractivity contribution in [3.05, 3.63) is 105 Å². The van der Waals surface area contributed by atoms with Gasteiger partial charge in [0.25, 0.3) is 5.91 Å². The summed E-state index contributed by atoms with van der Waals surface area (Å²) in [6.07, 6.45) is 3.58. The average Bonchev–Trinajstić information content (AvgIpc) is 2.97. The summed E-state index contributed by atoms with van der Waals surface area (Å²) >= 11 is 12.9. The van der Waals surface area contributed by atoms with Gasteiger partial charge in [-0.15, -0.1) is 5.16 Å². The molecule has 232 valence electrons. The van der Waals surface area contributed by atoms with Crippen molar-refractivity contribution in [3.8, 4) is 0 Å². The topological polar surface area (TPSA) is 151 Å². The van der Waals surface area contributed by atoms with Crippen LogP contribution in [0.4, 0.5) is 0 Å². The minimum Gasteiger partial charge on any atom is -0.859 e. The van der Waals surface area contributed by atoms with Crippen LogP contribution in [0.1, 0.15) is 75.0 Å². The predicted molar refractivity (Wildman–Crippen MR) is 162 cm³/mol. The molecule has 15 heteroatoms. The van der Waals surface area contributed by atoms with Gasteiger partial charge >= 0.3 is 59.1 Å². The standard InChI is InChI=1S/C31H31Cl2N3O7S.2Na/c1-44(41,42)35-25-11-4-5-12-26(25)36-28(23-14-13-20(32)16-24(23)33)27(21-9-2-3-10-22(21)30(36)38)29(37)34-43-17-18-7-6-8-19(15-18)31(39)40;;/h2-3,6-10,13-16,25-28,35H,4-5,11-12,17H2,1H3,(H,34,37)(H,39,40);;/q;2*+1/p-2/t25-,26?,27-,28+;;/m1../s1. The average molecular weight is 705 g/mol. The van der Waals surface area contributed by atoms with Gasteiger partial charge in [0, 0.05) is 39.5 Å². The Hall–Kier alpha value is -1.64. The molecule has 3 aromatic rings. The van der Waals surface area contributed by atoms with Crippen molar-refractivity contribution in [2.75, 3.05) is 6.26 Å². The second kappa shape index (κ2) is 16.6. The van der Waals surface area contributed by atoms with E-state index in [1.807, 2.05) is 0 Å². The van der Waals surface area contributed by atoms with Gasteiger partial charge in [-0.05, 0) is 59.4 Å². The minimum absolute atomic E-state index is 0. The van der Waals surface area contributed by atoms with Crippen molar-refractivity contribution in [2.45, 2.75) is 56.3 Å². The van der Waals surface area contributed by atoms with Crippen molar-refractivity contribution < 1.29 is 92.2 Å². The molecule has 46 heavy (non-hydrogen) atoms. The number of carbonyl (C=O) groups excluding carboxylic acids is 2. The number of hydrogen-bond donors (Lipinski definition) is 1. The van der Waals surface area contributed by atoms with Gasteiger partial charge in [0.05, 0.1) is 18.3 Å². The third-order valence-corrected chi connectivity index (χ3v) is 9.22. The van der Waals surface area contributed by atoms with Crippen LogP contribution in [-0.2, 0) is 21.5 Å². The Morgan fingerprint density at radius 2 is 1.72 bits per heavy atom. The number of sulfonamides is 1. The minimum atomic E-state index is -3.62. The van der Waals surface area contributed by atoms with Gasteiger partial charge in [0.1, 0.15) is 6.61 Å². The number of halogens is 2. The molecule has 1 N–H and O–H groups in total. The zero-order valence-electron chi connectivity index (χ0n) is 25.6. The number of hydrogen-bond acceptors (Lipinski definition) is 8. The maximum absolute atomic E-state index is 14.3. The molecule has 3 aromatic carbocycles. The first-order chi connectivity index (χ1) is 20.9. The number of nitrogens with one attached hydrogen (secondary N) is 1. The first-order valence-electron chi connectivity index (χ1n) is 14.0. The van der Waals surface area contributed by atoms with Crippen molar-refractivity contribution in [1.29, 1.82) is 0 Å². The molecule has 1 saturated carbocycles. The molecule has 5 rings (SSSR count). The molecular weight excluding hydrogens is 675 g/mol. The summed E-state index contributed by atoms with van der Waals surface area (Å²) in [6.45, 7) is -0.195. The number of oxime groups is 1. The number of carboxylic acids is 1. The summed E-state index contributed by atoms with van der Waals surface area (Å²) in [4.78, 5) is 32.5. The van der Waals surface area contributed by atoms with Gasteiger partial charge in [-0.3, -0.25) is 4.79 Å². The number of benzene rings is 3. The number of nitrogens with zero attached hydrogens (tertiary/aromatic N) is 2. The molecule has 1 fully saturated rings. The normalized spacial score (nSPS) is 21.4. The van der Waals surface area contributed by atoms with E-state index in [9.17, 15) is 28.2 Å². The van der Waals surface area contributed by atoms with Crippen LogP contribution in [0, 0.1) is 0 Å². The summed E-state index contributed by atoms with van der Waals surface area (Å²) in [5, 5.41) is 29.7. The molecule has 4 atom stereocenters. The Bertz CT molecular complexity index is 1730. The van der Waals surface area contributed by atoms with E-state index in [-0.39, 0.29) is 87.8 Å². The van der Waals surface area contributed by atoms with Crippen LogP contribution in [0.2, 0.25) is 10.0 Å². The quantitative estimate of drug-likeness (QED) is 0.111. The Morgan fingerprint density at radius 3 is 2.41 bits per heavy atom. The maximum atomic E-state index is 14.3. The fourth-order valence-electron chi connectivity index (χ4n) is 6.13. The molecule has 2 aliphatic rings. The predicted octanol–water partition coefficient (Wildman–Crippen LogP) is -2.60. The first kappa shape index (κ1) is 38.8. The van der Waals surface area contributed by atoms with E-state index in [2.05, 4.69) is 9.88 Å². The van der Waals surface area contributed by atoms with Crippen LogP contribution in [0.15, 0.2) is 71.9 Å². The second-order valence-corrected chi connectivity index (χ2v) is 13.6. The molecule has 0 spiro atoms. The van der Waals surface area contributed by atoms with Crippen molar-refractivity contribution in [1.82, 2.24) is 9.62 Å². The van der Waals surface area contributed by atoms with E-state index in [0.29, 0.717) is 34.6 Å². The van der Waals surface area contributed by atoms with E-state index >= 15 is 0 Å². The zero-order chi connectivity index (χ0) is 31.6. The second-order valence-electron chi connectivity index (χ2n) is 10.9.